The van der Waals surface area contributed by atoms with Gasteiger partial charge in [-0.05, 0) is 19.3 Å². The average molecular weight is 298 g/mol. The number of nitrogens with one attached hydrogen (secondary N) is 1. The van der Waals surface area contributed by atoms with Crippen LogP contribution in [0.1, 0.15) is 31.0 Å². The molecule has 0 unspecified atom stereocenters. The van der Waals surface area contributed by atoms with E-state index in [2.05, 4.69) is 19.7 Å². The highest BCUT2D eigenvalue weighted by molar-refractivity contribution is 8.00. The predicted octanol–water partition coefficient (Wildman–Crippen LogP) is 3.47. The normalized spacial score (nSPS) is 14.9. The van der Waals surface area contributed by atoms with Crippen LogP contribution in [-0.4, -0.2) is 26.6 Å². The van der Waals surface area contributed by atoms with Crippen LogP contribution < -0.4 is 5.32 Å². The van der Waals surface area contributed by atoms with E-state index < -0.39 is 0 Å². The van der Waals surface area contributed by atoms with E-state index in [4.69, 9.17) is 0 Å². The van der Waals surface area contributed by atoms with E-state index in [9.17, 15) is 0 Å². The van der Waals surface area contributed by atoms with Gasteiger partial charge in [-0.25, -0.2) is 9.97 Å². The molecular formula is C11H14N4S3. The highest BCUT2D eigenvalue weighted by atomic mass is 32.2. The number of hydrogen-bond donors (Lipinski definition) is 1. The van der Waals surface area contributed by atoms with Gasteiger partial charge >= 0.3 is 0 Å². The molecular weight excluding hydrogens is 284 g/mol. The third kappa shape index (κ3) is 3.43. The van der Waals surface area contributed by atoms with Crippen LogP contribution in [0.4, 0.5) is 5.13 Å². The first kappa shape index (κ1) is 12.4. The Morgan fingerprint density at radius 2 is 2.39 bits per heavy atom. The molecule has 0 amide bonds. The van der Waals surface area contributed by atoms with Crippen molar-refractivity contribution in [2.45, 2.75) is 29.5 Å². The minimum Gasteiger partial charge on any atom is -0.360 e. The molecule has 0 saturated heterocycles. The van der Waals surface area contributed by atoms with Crippen LogP contribution in [-0.2, 0) is 0 Å². The van der Waals surface area contributed by atoms with Crippen molar-refractivity contribution >= 4 is 39.8 Å². The van der Waals surface area contributed by atoms with Gasteiger partial charge in [0, 0.05) is 41.3 Å². The zero-order chi connectivity index (χ0) is 12.2. The van der Waals surface area contributed by atoms with Gasteiger partial charge in [0.2, 0.25) is 5.13 Å². The first-order valence-electron chi connectivity index (χ1n) is 6.01. The summed E-state index contributed by atoms with van der Waals surface area (Å²) in [5.41, 5.74) is 0. The second-order valence-corrected chi connectivity index (χ2v) is 7.15. The molecule has 1 saturated carbocycles. The minimum absolute atomic E-state index is 0.650. The van der Waals surface area contributed by atoms with Crippen molar-refractivity contribution in [1.82, 2.24) is 14.3 Å². The lowest BCUT2D eigenvalue weighted by molar-refractivity contribution is 0.959. The lowest BCUT2D eigenvalue weighted by Crippen LogP contribution is -2.02. The van der Waals surface area contributed by atoms with E-state index >= 15 is 0 Å². The zero-order valence-corrected chi connectivity index (χ0v) is 12.3. The van der Waals surface area contributed by atoms with Crippen molar-refractivity contribution in [3.63, 3.8) is 0 Å². The number of nitrogens with zero attached hydrogens (tertiary/aromatic N) is 3. The molecule has 96 valence electrons. The Kier molecular flexibility index (Phi) is 4.12. The Labute approximate surface area is 118 Å². The predicted molar refractivity (Wildman–Crippen MR) is 77.8 cm³/mol. The maximum absolute atomic E-state index is 4.50. The Balaban J connectivity index is 1.33. The molecule has 2 aromatic rings. The van der Waals surface area contributed by atoms with Crippen LogP contribution in [0.5, 0.6) is 0 Å². The number of anilines is 1. The quantitative estimate of drug-likeness (QED) is 0.626. The maximum Gasteiger partial charge on any atom is 0.202 e. The number of hydrogen-bond acceptors (Lipinski definition) is 7. The van der Waals surface area contributed by atoms with Gasteiger partial charge in [-0.1, -0.05) is 11.8 Å². The van der Waals surface area contributed by atoms with Gasteiger partial charge in [0.05, 0.1) is 0 Å². The SMILES string of the molecule is c1csc(SCCCNc2nc(C3CC3)ns2)n1. The number of rotatable bonds is 7. The monoisotopic (exact) mass is 298 g/mol. The fourth-order valence-electron chi connectivity index (χ4n) is 1.52. The zero-order valence-electron chi connectivity index (χ0n) is 9.83. The first-order valence-corrected chi connectivity index (χ1v) is 8.65. The summed E-state index contributed by atoms with van der Waals surface area (Å²) in [6.07, 6.45) is 5.50. The summed E-state index contributed by atoms with van der Waals surface area (Å²) >= 11 is 5.00. The molecule has 7 heteroatoms. The molecule has 4 nitrogen and oxygen atoms in total. The summed E-state index contributed by atoms with van der Waals surface area (Å²) in [5.74, 6) is 2.78. The largest absolute Gasteiger partial charge is 0.360 e. The Morgan fingerprint density at radius 3 is 3.17 bits per heavy atom. The second kappa shape index (κ2) is 5.99. The fourth-order valence-corrected chi connectivity index (χ4v) is 3.84. The van der Waals surface area contributed by atoms with Gasteiger partial charge < -0.3 is 5.32 Å². The van der Waals surface area contributed by atoms with E-state index in [1.807, 2.05) is 23.3 Å². The topological polar surface area (TPSA) is 50.7 Å². The summed E-state index contributed by atoms with van der Waals surface area (Å²) in [4.78, 5) is 8.74. The number of thiazole rings is 1. The lowest BCUT2D eigenvalue weighted by atomic mass is 10.4. The van der Waals surface area contributed by atoms with Crippen molar-refractivity contribution in [2.24, 2.45) is 0 Å². The Morgan fingerprint density at radius 1 is 1.44 bits per heavy atom. The minimum atomic E-state index is 0.650. The molecule has 0 radical (unpaired) electrons. The van der Waals surface area contributed by atoms with E-state index in [1.54, 1.807) is 11.3 Å². The average Bonchev–Trinajstić information content (AvgIpc) is 2.92. The molecule has 1 fully saturated rings. The summed E-state index contributed by atoms with van der Waals surface area (Å²) in [7, 11) is 0. The third-order valence-electron chi connectivity index (χ3n) is 2.62. The van der Waals surface area contributed by atoms with E-state index in [-0.39, 0.29) is 0 Å². The molecule has 2 aromatic heterocycles. The molecule has 18 heavy (non-hydrogen) atoms. The smallest absolute Gasteiger partial charge is 0.202 e. The summed E-state index contributed by atoms with van der Waals surface area (Å²) in [5, 5.41) is 6.33. The molecule has 3 rings (SSSR count). The van der Waals surface area contributed by atoms with Gasteiger partial charge in [0.15, 0.2) is 0 Å². The molecule has 0 atom stereocenters. The molecule has 1 aliphatic carbocycles. The van der Waals surface area contributed by atoms with Crippen molar-refractivity contribution < 1.29 is 0 Å². The summed E-state index contributed by atoms with van der Waals surface area (Å²) in [6.45, 7) is 0.956. The fraction of sp³-hybridized carbons (Fsp3) is 0.545. The van der Waals surface area contributed by atoms with Gasteiger partial charge in [-0.15, -0.1) is 11.3 Å². The van der Waals surface area contributed by atoms with Crippen molar-refractivity contribution in [3.8, 4) is 0 Å². The van der Waals surface area contributed by atoms with Crippen LogP contribution in [0, 0.1) is 0 Å². The van der Waals surface area contributed by atoms with Crippen LogP contribution >= 0.6 is 34.6 Å². The highest BCUT2D eigenvalue weighted by Crippen LogP contribution is 2.39. The van der Waals surface area contributed by atoms with E-state index in [1.165, 1.54) is 24.4 Å². The van der Waals surface area contributed by atoms with Crippen molar-refractivity contribution in [2.75, 3.05) is 17.6 Å². The first-order chi connectivity index (χ1) is 8.92. The number of thioether (sulfide) groups is 1. The van der Waals surface area contributed by atoms with Gasteiger partial charge in [-0.3, -0.25) is 0 Å². The molecule has 1 aliphatic rings. The van der Waals surface area contributed by atoms with Crippen LogP contribution in [0.2, 0.25) is 0 Å². The van der Waals surface area contributed by atoms with Gasteiger partial charge in [0.1, 0.15) is 10.2 Å². The molecule has 0 bridgehead atoms. The third-order valence-corrected chi connectivity index (χ3v) is 5.36. The Hall–Kier alpha value is -0.660. The van der Waals surface area contributed by atoms with Gasteiger partial charge in [0.25, 0.3) is 0 Å². The lowest BCUT2D eigenvalue weighted by Gasteiger charge is -2.00. The molecule has 1 N–H and O–H groups in total. The van der Waals surface area contributed by atoms with Crippen LogP contribution in [0.15, 0.2) is 15.9 Å². The molecule has 0 aromatic carbocycles. The summed E-state index contributed by atoms with van der Waals surface area (Å²) < 4.78 is 5.53. The Bertz CT molecular complexity index is 478. The second-order valence-electron chi connectivity index (χ2n) is 4.16. The molecule has 0 spiro atoms. The maximum atomic E-state index is 4.50. The number of aromatic nitrogens is 3. The van der Waals surface area contributed by atoms with Crippen molar-refractivity contribution in [3.05, 3.63) is 17.4 Å². The molecule has 0 aliphatic heterocycles. The van der Waals surface area contributed by atoms with Crippen LogP contribution in [0.25, 0.3) is 0 Å². The van der Waals surface area contributed by atoms with Gasteiger partial charge in [-0.2, -0.15) is 4.37 Å². The van der Waals surface area contributed by atoms with Crippen molar-refractivity contribution in [1.29, 1.82) is 0 Å². The molecule has 2 heterocycles. The summed E-state index contributed by atoms with van der Waals surface area (Å²) in [6, 6.07) is 0. The van der Waals surface area contributed by atoms with E-state index in [0.29, 0.717) is 5.92 Å². The van der Waals surface area contributed by atoms with Crippen LogP contribution in [0.3, 0.4) is 0 Å². The standard InChI is InChI=1S/C11H14N4S3/c1(6-16-11-13-5-7-17-11)4-12-10-14-9(15-18-10)8-2-3-8/h5,7-8H,1-4,6H2,(H,12,14,15). The highest BCUT2D eigenvalue weighted by Gasteiger charge is 2.27. The van der Waals surface area contributed by atoms with E-state index in [0.717, 1.165) is 34.0 Å².